The zero-order valence-corrected chi connectivity index (χ0v) is 12.8. The summed E-state index contributed by atoms with van der Waals surface area (Å²) in [5, 5.41) is 8.83. The van der Waals surface area contributed by atoms with Crippen LogP contribution in [0.2, 0.25) is 0 Å². The Morgan fingerprint density at radius 2 is 1.70 bits per heavy atom. The summed E-state index contributed by atoms with van der Waals surface area (Å²) < 4.78 is 0. The van der Waals surface area contributed by atoms with Gasteiger partial charge < -0.3 is 10.0 Å². The van der Waals surface area contributed by atoms with Gasteiger partial charge in [0.15, 0.2) is 0 Å². The second-order valence-corrected chi connectivity index (χ2v) is 5.74. The molecule has 4 heteroatoms. The Hall–Kier alpha value is -2.62. The molecule has 0 radical (unpaired) electrons. The quantitative estimate of drug-likeness (QED) is 0.944. The summed E-state index contributed by atoms with van der Waals surface area (Å²) >= 11 is 0. The van der Waals surface area contributed by atoms with Gasteiger partial charge in [0.1, 0.15) is 0 Å². The van der Waals surface area contributed by atoms with Crippen LogP contribution in [0.4, 0.5) is 0 Å². The van der Waals surface area contributed by atoms with Crippen LogP contribution in [0.3, 0.4) is 0 Å². The van der Waals surface area contributed by atoms with E-state index in [9.17, 15) is 9.59 Å². The molecule has 23 heavy (non-hydrogen) atoms. The fourth-order valence-electron chi connectivity index (χ4n) is 3.19. The first kappa shape index (κ1) is 15.3. The van der Waals surface area contributed by atoms with Gasteiger partial charge in [0.2, 0.25) is 5.91 Å². The summed E-state index contributed by atoms with van der Waals surface area (Å²) in [7, 11) is 0. The number of hydrogen-bond acceptors (Lipinski definition) is 2. The predicted octanol–water partition coefficient (Wildman–Crippen LogP) is 3.03. The van der Waals surface area contributed by atoms with E-state index in [-0.39, 0.29) is 24.8 Å². The van der Waals surface area contributed by atoms with Crippen molar-refractivity contribution < 1.29 is 14.7 Å². The number of carbonyl (C=O) groups excluding carboxylic acids is 1. The summed E-state index contributed by atoms with van der Waals surface area (Å²) in [6, 6.07) is 17.9. The molecule has 1 atom stereocenters. The average molecular weight is 309 g/mol. The van der Waals surface area contributed by atoms with Gasteiger partial charge in [-0.3, -0.25) is 9.59 Å². The topological polar surface area (TPSA) is 57.6 Å². The van der Waals surface area contributed by atoms with Crippen LogP contribution in [0.15, 0.2) is 54.6 Å². The number of carbonyl (C=O) groups is 2. The molecule has 0 spiro atoms. The molecule has 0 fully saturated rings. The number of hydrogen-bond donors (Lipinski definition) is 1. The van der Waals surface area contributed by atoms with Crippen molar-refractivity contribution in [3.63, 3.8) is 0 Å². The van der Waals surface area contributed by atoms with Crippen LogP contribution >= 0.6 is 0 Å². The highest BCUT2D eigenvalue weighted by Gasteiger charge is 2.31. The first-order valence-corrected chi connectivity index (χ1v) is 7.81. The van der Waals surface area contributed by atoms with Gasteiger partial charge in [-0.25, -0.2) is 0 Å². The number of rotatable bonds is 4. The lowest BCUT2D eigenvalue weighted by Gasteiger charge is -2.38. The zero-order valence-electron chi connectivity index (χ0n) is 12.8. The highest BCUT2D eigenvalue weighted by molar-refractivity contribution is 5.81. The first-order chi connectivity index (χ1) is 11.2. The van der Waals surface area contributed by atoms with Crippen LogP contribution in [-0.4, -0.2) is 28.4 Å². The van der Waals surface area contributed by atoms with Crippen molar-refractivity contribution in [1.29, 1.82) is 0 Å². The molecule has 1 aliphatic rings. The lowest BCUT2D eigenvalue weighted by Crippen LogP contribution is -2.40. The highest BCUT2D eigenvalue weighted by atomic mass is 16.4. The molecule has 0 saturated carbocycles. The maximum absolute atomic E-state index is 12.6. The van der Waals surface area contributed by atoms with Gasteiger partial charge in [0.25, 0.3) is 0 Å². The molecule has 1 aliphatic heterocycles. The van der Waals surface area contributed by atoms with Gasteiger partial charge in [0, 0.05) is 13.0 Å². The second-order valence-electron chi connectivity index (χ2n) is 5.74. The van der Waals surface area contributed by atoms with Crippen LogP contribution in [0, 0.1) is 0 Å². The predicted molar refractivity (Wildman–Crippen MR) is 87.0 cm³/mol. The molecule has 1 N–H and O–H groups in total. The van der Waals surface area contributed by atoms with Crippen molar-refractivity contribution in [1.82, 2.24) is 4.90 Å². The molecular formula is C19H19NO3. The standard InChI is InChI=1S/C19H19NO3/c21-17(10-11-18(22)23)20-13-12-14-6-4-5-9-16(14)19(20)15-7-2-1-3-8-15/h1-9,19H,10-13H2,(H,22,23)/t19-/m1/s1. The molecule has 2 aromatic rings. The minimum Gasteiger partial charge on any atom is -0.481 e. The second kappa shape index (κ2) is 6.65. The molecule has 2 aromatic carbocycles. The lowest BCUT2D eigenvalue weighted by atomic mass is 9.88. The molecule has 0 aromatic heterocycles. The first-order valence-electron chi connectivity index (χ1n) is 7.81. The third-order valence-corrected chi connectivity index (χ3v) is 4.27. The number of nitrogens with zero attached hydrogens (tertiary/aromatic N) is 1. The molecule has 0 saturated heterocycles. The van der Waals surface area contributed by atoms with E-state index in [2.05, 4.69) is 12.1 Å². The van der Waals surface area contributed by atoms with E-state index in [1.807, 2.05) is 47.4 Å². The molecule has 0 aliphatic carbocycles. The van der Waals surface area contributed by atoms with Crippen molar-refractivity contribution in [2.75, 3.05) is 6.54 Å². The molecule has 0 unspecified atom stereocenters. The summed E-state index contributed by atoms with van der Waals surface area (Å²) in [6.07, 6.45) is 0.720. The third-order valence-electron chi connectivity index (χ3n) is 4.27. The Morgan fingerprint density at radius 3 is 2.43 bits per heavy atom. The van der Waals surface area contributed by atoms with Crippen LogP contribution in [0.1, 0.15) is 35.6 Å². The van der Waals surface area contributed by atoms with Crippen LogP contribution in [0.5, 0.6) is 0 Å². The van der Waals surface area contributed by atoms with E-state index in [4.69, 9.17) is 5.11 Å². The minimum atomic E-state index is -0.938. The number of fused-ring (bicyclic) bond motifs is 1. The van der Waals surface area contributed by atoms with Crippen molar-refractivity contribution in [3.8, 4) is 0 Å². The highest BCUT2D eigenvalue weighted by Crippen LogP contribution is 2.35. The van der Waals surface area contributed by atoms with Crippen LogP contribution in [0.25, 0.3) is 0 Å². The number of aliphatic carboxylic acids is 1. The normalized spacial score (nSPS) is 16.7. The largest absolute Gasteiger partial charge is 0.481 e. The van der Waals surface area contributed by atoms with Gasteiger partial charge in [-0.15, -0.1) is 0 Å². The van der Waals surface area contributed by atoms with Crippen molar-refractivity contribution in [2.24, 2.45) is 0 Å². The number of benzene rings is 2. The Balaban J connectivity index is 1.96. The molecule has 118 valence electrons. The van der Waals surface area contributed by atoms with Gasteiger partial charge in [-0.05, 0) is 23.1 Å². The summed E-state index contributed by atoms with van der Waals surface area (Å²) in [4.78, 5) is 25.1. The molecule has 3 rings (SSSR count). The SMILES string of the molecule is O=C(O)CCC(=O)N1CCc2ccccc2[C@H]1c1ccccc1. The smallest absolute Gasteiger partial charge is 0.303 e. The van der Waals surface area contributed by atoms with Crippen molar-refractivity contribution in [3.05, 3.63) is 71.3 Å². The number of carboxylic acids is 1. The minimum absolute atomic E-state index is 0.0425. The average Bonchev–Trinajstić information content (AvgIpc) is 2.59. The lowest BCUT2D eigenvalue weighted by molar-refractivity contribution is -0.141. The monoisotopic (exact) mass is 309 g/mol. The summed E-state index contributed by atoms with van der Waals surface area (Å²) in [5.74, 6) is -1.04. The van der Waals surface area contributed by atoms with E-state index >= 15 is 0 Å². The van der Waals surface area contributed by atoms with E-state index < -0.39 is 5.97 Å². The molecule has 4 nitrogen and oxygen atoms in total. The maximum atomic E-state index is 12.6. The number of carboxylic acid groups (broad SMARTS) is 1. The van der Waals surface area contributed by atoms with E-state index in [0.29, 0.717) is 6.54 Å². The van der Waals surface area contributed by atoms with Crippen LogP contribution < -0.4 is 0 Å². The van der Waals surface area contributed by atoms with Gasteiger partial charge in [0.05, 0.1) is 12.5 Å². The molecule has 0 bridgehead atoms. The molecular weight excluding hydrogens is 290 g/mol. The number of amides is 1. The fourth-order valence-corrected chi connectivity index (χ4v) is 3.19. The van der Waals surface area contributed by atoms with Crippen molar-refractivity contribution >= 4 is 11.9 Å². The van der Waals surface area contributed by atoms with Gasteiger partial charge >= 0.3 is 5.97 Å². The van der Waals surface area contributed by atoms with Gasteiger partial charge in [-0.2, -0.15) is 0 Å². The maximum Gasteiger partial charge on any atom is 0.303 e. The Labute approximate surface area is 135 Å². The Kier molecular flexibility index (Phi) is 4.42. The summed E-state index contributed by atoms with van der Waals surface area (Å²) in [5.41, 5.74) is 3.44. The molecule has 1 amide bonds. The Bertz CT molecular complexity index is 712. The third kappa shape index (κ3) is 3.26. The fraction of sp³-hybridized carbons (Fsp3) is 0.263. The summed E-state index contributed by atoms with van der Waals surface area (Å²) in [6.45, 7) is 0.620. The van der Waals surface area contributed by atoms with E-state index in [1.54, 1.807) is 0 Å². The Morgan fingerprint density at radius 1 is 1.00 bits per heavy atom. The van der Waals surface area contributed by atoms with Crippen LogP contribution in [-0.2, 0) is 16.0 Å². The van der Waals surface area contributed by atoms with Gasteiger partial charge in [-0.1, -0.05) is 54.6 Å². The van der Waals surface area contributed by atoms with E-state index in [1.165, 1.54) is 5.56 Å². The molecule has 1 heterocycles. The van der Waals surface area contributed by atoms with E-state index in [0.717, 1.165) is 17.5 Å². The zero-order chi connectivity index (χ0) is 16.2. The van der Waals surface area contributed by atoms with Crippen molar-refractivity contribution in [2.45, 2.75) is 25.3 Å².